The maximum Gasteiger partial charge on any atom is 0.405 e. The Morgan fingerprint density at radius 3 is 2.52 bits per heavy atom. The van der Waals surface area contributed by atoms with E-state index in [0.29, 0.717) is 48.5 Å². The van der Waals surface area contributed by atoms with Gasteiger partial charge in [-0.15, -0.1) is 0 Å². The van der Waals surface area contributed by atoms with Gasteiger partial charge in [-0.05, 0) is 39.0 Å². The number of nitrogens with two attached hydrogens (primary N) is 1. The minimum absolute atomic E-state index is 0.0448. The van der Waals surface area contributed by atoms with Gasteiger partial charge in [0, 0.05) is 36.6 Å². The highest BCUT2D eigenvalue weighted by Crippen LogP contribution is 2.25. The van der Waals surface area contributed by atoms with Crippen LogP contribution < -0.4 is 11.1 Å². The lowest BCUT2D eigenvalue weighted by molar-refractivity contribution is -0.123. The third-order valence-corrected chi connectivity index (χ3v) is 4.73. The lowest BCUT2D eigenvalue weighted by Crippen LogP contribution is -2.27. The van der Waals surface area contributed by atoms with Crippen LogP contribution in [-0.4, -0.2) is 48.8 Å². The van der Waals surface area contributed by atoms with E-state index in [1.54, 1.807) is 18.0 Å². The van der Waals surface area contributed by atoms with Crippen LogP contribution in [0.5, 0.6) is 0 Å². The topological polar surface area (TPSA) is 78.9 Å². The second-order valence-electron chi connectivity index (χ2n) is 7.32. The Kier molecular flexibility index (Phi) is 11.1. The first kappa shape index (κ1) is 28.2. The van der Waals surface area contributed by atoms with Gasteiger partial charge in [-0.25, -0.2) is 19.4 Å². The van der Waals surface area contributed by atoms with Gasteiger partial charge in [0.15, 0.2) is 11.7 Å². The number of pyridine rings is 1. The number of allylic oxidation sites excluding steroid dienone is 2. The van der Waals surface area contributed by atoms with Crippen LogP contribution in [0.1, 0.15) is 38.2 Å². The van der Waals surface area contributed by atoms with Crippen molar-refractivity contribution in [3.8, 4) is 0 Å². The lowest BCUT2D eigenvalue weighted by Gasteiger charge is -2.20. The van der Waals surface area contributed by atoms with Gasteiger partial charge >= 0.3 is 6.18 Å². The Balaban J connectivity index is 2.72. The number of rotatable bonds is 12. The van der Waals surface area contributed by atoms with Gasteiger partial charge in [0.1, 0.15) is 18.2 Å². The van der Waals surface area contributed by atoms with Gasteiger partial charge in [-0.2, -0.15) is 13.2 Å². The molecule has 1 rings (SSSR count). The molecule has 0 amide bonds. The third-order valence-electron chi connectivity index (χ3n) is 4.52. The highest BCUT2D eigenvalue weighted by Gasteiger charge is 2.26. The molecule has 0 aliphatic rings. The van der Waals surface area contributed by atoms with Gasteiger partial charge in [0.25, 0.3) is 0 Å². The zero-order valence-corrected chi connectivity index (χ0v) is 19.5. The molecule has 3 N–H and O–H groups in total. The van der Waals surface area contributed by atoms with Crippen molar-refractivity contribution >= 4 is 35.5 Å². The number of amidine groups is 1. The highest BCUT2D eigenvalue weighted by atomic mass is 35.5. The van der Waals surface area contributed by atoms with E-state index in [4.69, 9.17) is 17.3 Å². The largest absolute Gasteiger partial charge is 0.405 e. The molecule has 0 atom stereocenters. The van der Waals surface area contributed by atoms with Gasteiger partial charge < -0.3 is 16.0 Å². The molecule has 0 spiro atoms. The summed E-state index contributed by atoms with van der Waals surface area (Å²) in [5, 5.41) is 2.61. The highest BCUT2D eigenvalue weighted by molar-refractivity contribution is 6.31. The molecule has 0 aromatic carbocycles. The third kappa shape index (κ3) is 10.1. The van der Waals surface area contributed by atoms with Gasteiger partial charge in [-0.3, -0.25) is 0 Å². The Labute approximate surface area is 196 Å². The van der Waals surface area contributed by atoms with Crippen LogP contribution in [0, 0.1) is 0 Å². The average molecular weight is 489 g/mol. The van der Waals surface area contributed by atoms with Crippen molar-refractivity contribution in [2.45, 2.75) is 38.8 Å². The molecule has 11 heteroatoms. The van der Waals surface area contributed by atoms with Gasteiger partial charge in [-0.1, -0.05) is 31.2 Å². The van der Waals surface area contributed by atoms with Crippen molar-refractivity contribution in [2.75, 3.05) is 25.9 Å². The van der Waals surface area contributed by atoms with E-state index in [9.17, 15) is 17.6 Å². The molecule has 0 saturated heterocycles. The minimum Gasteiger partial charge on any atom is -0.383 e. The van der Waals surface area contributed by atoms with Crippen molar-refractivity contribution in [2.24, 2.45) is 9.98 Å². The summed E-state index contributed by atoms with van der Waals surface area (Å²) in [5.74, 6) is -0.253. The normalized spacial score (nSPS) is 12.8. The molecular weight excluding hydrogens is 460 g/mol. The van der Waals surface area contributed by atoms with E-state index in [0.717, 1.165) is 0 Å². The maximum atomic E-state index is 14.3. The second-order valence-corrected chi connectivity index (χ2v) is 7.76. The van der Waals surface area contributed by atoms with Crippen LogP contribution in [0.15, 0.2) is 52.8 Å². The summed E-state index contributed by atoms with van der Waals surface area (Å²) >= 11 is 5.97. The summed E-state index contributed by atoms with van der Waals surface area (Å²) < 4.78 is 50.9. The zero-order chi connectivity index (χ0) is 25.2. The number of unbranched alkanes of at least 4 members (excludes halogenated alkanes) is 2. The molecule has 33 heavy (non-hydrogen) atoms. The molecule has 0 aliphatic heterocycles. The number of aliphatic imine (C=N–C) groups is 2. The van der Waals surface area contributed by atoms with E-state index < -0.39 is 18.5 Å². The van der Waals surface area contributed by atoms with Gasteiger partial charge in [0.2, 0.25) is 0 Å². The molecule has 0 saturated carbocycles. The molecule has 6 nitrogen and oxygen atoms in total. The number of hydrogen-bond acceptors (Lipinski definition) is 5. The Morgan fingerprint density at radius 2 is 1.94 bits per heavy atom. The van der Waals surface area contributed by atoms with E-state index in [-0.39, 0.29) is 23.0 Å². The number of halogens is 5. The fraction of sp³-hybridized carbons (Fsp3) is 0.409. The Morgan fingerprint density at radius 1 is 1.27 bits per heavy atom. The van der Waals surface area contributed by atoms with Crippen molar-refractivity contribution < 1.29 is 17.6 Å². The Bertz CT molecular complexity index is 920. The number of anilines is 1. The first-order chi connectivity index (χ1) is 15.4. The van der Waals surface area contributed by atoms with Crippen LogP contribution in [0.3, 0.4) is 0 Å². The first-order valence-electron chi connectivity index (χ1n) is 10.1. The molecule has 0 fully saturated rings. The minimum atomic E-state index is -4.28. The van der Waals surface area contributed by atoms with E-state index >= 15 is 0 Å². The summed E-state index contributed by atoms with van der Waals surface area (Å²) in [4.78, 5) is 13.7. The maximum absolute atomic E-state index is 14.3. The summed E-state index contributed by atoms with van der Waals surface area (Å²) in [6.45, 7) is 11.6. The predicted octanol–water partition coefficient (Wildman–Crippen LogP) is 5.75. The zero-order valence-electron chi connectivity index (χ0n) is 18.8. The second kappa shape index (κ2) is 13.0. The van der Waals surface area contributed by atoms with Crippen LogP contribution >= 0.6 is 11.6 Å². The van der Waals surface area contributed by atoms with Crippen molar-refractivity contribution in [3.63, 3.8) is 0 Å². The van der Waals surface area contributed by atoms with Crippen molar-refractivity contribution in [1.29, 1.82) is 0 Å². The number of nitrogen functional groups attached to an aromatic ring is 1. The standard InChI is InChI=1S/C22H29ClF4N6/c1-14(31-13-22(25,26)27)9-7-6-8-10-33(5)21(16(3)24)32-20(29-4)15(2)18-11-17(23)12-30-19(18)28/h11-12,31H,1-2,4,6-10,13H2,3,5H3,(H2,28,30)/b21-16-,32-20-. The Hall–Kier alpha value is -2.88. The summed E-state index contributed by atoms with van der Waals surface area (Å²) in [5.41, 5.74) is 6.91. The molecular formula is C22H29ClF4N6. The number of aromatic nitrogens is 1. The molecule has 1 heterocycles. The monoisotopic (exact) mass is 488 g/mol. The first-order valence-corrected chi connectivity index (χ1v) is 10.5. The van der Waals surface area contributed by atoms with Crippen LogP contribution in [0.25, 0.3) is 5.57 Å². The number of nitrogens with zero attached hydrogens (tertiary/aromatic N) is 4. The van der Waals surface area contributed by atoms with Crippen LogP contribution in [-0.2, 0) is 0 Å². The average Bonchev–Trinajstić information content (AvgIpc) is 2.73. The number of hydrogen-bond donors (Lipinski definition) is 2. The molecule has 0 aliphatic carbocycles. The molecule has 0 unspecified atom stereocenters. The molecule has 182 valence electrons. The van der Waals surface area contributed by atoms with E-state index in [2.05, 4.69) is 40.2 Å². The van der Waals surface area contributed by atoms with Crippen LogP contribution in [0.4, 0.5) is 23.4 Å². The lowest BCUT2D eigenvalue weighted by atomic mass is 10.1. The van der Waals surface area contributed by atoms with Crippen LogP contribution in [0.2, 0.25) is 5.02 Å². The number of alkyl halides is 3. The summed E-state index contributed by atoms with van der Waals surface area (Å²) in [6.07, 6.45) is -0.452. The fourth-order valence-electron chi connectivity index (χ4n) is 2.82. The summed E-state index contributed by atoms with van der Waals surface area (Å²) in [7, 11) is 1.67. The molecule has 0 radical (unpaired) electrons. The molecule has 1 aromatic heterocycles. The quantitative estimate of drug-likeness (QED) is 0.170. The van der Waals surface area contributed by atoms with E-state index in [1.165, 1.54) is 13.1 Å². The van der Waals surface area contributed by atoms with E-state index in [1.807, 2.05) is 0 Å². The fourth-order valence-corrected chi connectivity index (χ4v) is 2.98. The van der Waals surface area contributed by atoms with Crippen molar-refractivity contribution in [3.05, 3.63) is 53.4 Å². The predicted molar refractivity (Wildman–Crippen MR) is 128 cm³/mol. The molecule has 0 bridgehead atoms. The summed E-state index contributed by atoms with van der Waals surface area (Å²) in [6, 6.07) is 1.56. The molecule has 1 aromatic rings. The number of nitrogens with one attached hydrogen (secondary N) is 1. The SMILES string of the molecule is C=N/C(=N\C(=C(/C)F)N(C)CCCCCC(=C)NCC(F)(F)F)C(=C)c1cc(Cl)cnc1N. The van der Waals surface area contributed by atoms with Crippen molar-refractivity contribution in [1.82, 2.24) is 15.2 Å². The van der Waals surface area contributed by atoms with Gasteiger partial charge in [0.05, 0.1) is 5.02 Å². The smallest absolute Gasteiger partial charge is 0.383 e.